The fourth-order valence-corrected chi connectivity index (χ4v) is 1.59. The van der Waals surface area contributed by atoms with E-state index < -0.39 is 0 Å². The fraction of sp³-hybridized carbons (Fsp3) is 0.273. The van der Waals surface area contributed by atoms with Crippen LogP contribution in [0.5, 0.6) is 0 Å². The largest absolute Gasteiger partial charge is 0.350 e. The van der Waals surface area contributed by atoms with Gasteiger partial charge in [0.15, 0.2) is 0 Å². The van der Waals surface area contributed by atoms with Gasteiger partial charge in [-0.2, -0.15) is 0 Å². The lowest BCUT2D eigenvalue weighted by Crippen LogP contribution is -2.05. The topological polar surface area (TPSA) is 85.9 Å². The van der Waals surface area contributed by atoms with Gasteiger partial charge in [0.2, 0.25) is 5.95 Å². The highest BCUT2D eigenvalue weighted by Crippen LogP contribution is 2.19. The van der Waals surface area contributed by atoms with Crippen molar-refractivity contribution in [2.24, 2.45) is 7.05 Å². The van der Waals surface area contributed by atoms with Gasteiger partial charge in [-0.05, 0) is 12.5 Å². The first kappa shape index (κ1) is 12.0. The Morgan fingerprint density at radius 2 is 2.28 bits per heavy atom. The quantitative estimate of drug-likeness (QED) is 0.655. The molecule has 0 unspecified atom stereocenters. The molecule has 2 rings (SSSR count). The van der Waals surface area contributed by atoms with Crippen LogP contribution < -0.4 is 5.32 Å². The van der Waals surface area contributed by atoms with Gasteiger partial charge in [-0.1, -0.05) is 12.1 Å². The average molecular weight is 247 g/mol. The predicted octanol–water partition coefficient (Wildman–Crippen LogP) is 1.64. The van der Waals surface area contributed by atoms with E-state index in [0.717, 1.165) is 5.56 Å². The van der Waals surface area contributed by atoms with E-state index in [1.807, 2.05) is 13.1 Å². The van der Waals surface area contributed by atoms with Gasteiger partial charge in [0.05, 0.1) is 4.92 Å². The maximum absolute atomic E-state index is 10.8. The van der Waals surface area contributed by atoms with E-state index in [2.05, 4.69) is 15.5 Å². The lowest BCUT2D eigenvalue weighted by Gasteiger charge is -2.06. The summed E-state index contributed by atoms with van der Waals surface area (Å²) in [6.45, 7) is 2.19. The zero-order valence-electron chi connectivity index (χ0n) is 10.1. The van der Waals surface area contributed by atoms with Crippen molar-refractivity contribution >= 4 is 11.6 Å². The Hall–Kier alpha value is -2.44. The van der Waals surface area contributed by atoms with Crippen LogP contribution in [0.25, 0.3) is 0 Å². The van der Waals surface area contributed by atoms with Crippen molar-refractivity contribution < 1.29 is 4.92 Å². The molecule has 1 heterocycles. The van der Waals surface area contributed by atoms with Crippen molar-refractivity contribution in [3.8, 4) is 0 Å². The molecule has 0 aliphatic carbocycles. The van der Waals surface area contributed by atoms with Gasteiger partial charge < -0.3 is 9.88 Å². The fourth-order valence-electron chi connectivity index (χ4n) is 1.59. The third-order valence-electron chi connectivity index (χ3n) is 2.63. The molecule has 1 N–H and O–H groups in total. The SMILES string of the molecule is Cc1ccc(CNc2nncn2C)cc1[N+](=O)[O-]. The van der Waals surface area contributed by atoms with E-state index >= 15 is 0 Å². The molecule has 7 nitrogen and oxygen atoms in total. The molecule has 18 heavy (non-hydrogen) atoms. The van der Waals surface area contributed by atoms with Crippen LogP contribution >= 0.6 is 0 Å². The summed E-state index contributed by atoms with van der Waals surface area (Å²) in [5.41, 5.74) is 1.62. The van der Waals surface area contributed by atoms with Crippen molar-refractivity contribution in [2.45, 2.75) is 13.5 Å². The number of rotatable bonds is 4. The zero-order chi connectivity index (χ0) is 13.1. The van der Waals surface area contributed by atoms with Crippen molar-refractivity contribution in [3.05, 3.63) is 45.8 Å². The van der Waals surface area contributed by atoms with Crippen LogP contribution in [0.15, 0.2) is 24.5 Å². The molecule has 1 aromatic carbocycles. The molecule has 0 amide bonds. The maximum atomic E-state index is 10.8. The van der Waals surface area contributed by atoms with Crippen molar-refractivity contribution in [2.75, 3.05) is 5.32 Å². The zero-order valence-corrected chi connectivity index (χ0v) is 10.1. The summed E-state index contributed by atoms with van der Waals surface area (Å²) in [6, 6.07) is 5.16. The van der Waals surface area contributed by atoms with Crippen LogP contribution in [0.4, 0.5) is 11.6 Å². The van der Waals surface area contributed by atoms with E-state index in [0.29, 0.717) is 18.1 Å². The van der Waals surface area contributed by atoms with Gasteiger partial charge in [0.25, 0.3) is 5.69 Å². The minimum atomic E-state index is -0.374. The summed E-state index contributed by atoms with van der Waals surface area (Å²) in [7, 11) is 1.82. The Kier molecular flexibility index (Phi) is 3.22. The van der Waals surface area contributed by atoms with Gasteiger partial charge in [-0.25, -0.2) is 0 Å². The minimum absolute atomic E-state index is 0.132. The number of anilines is 1. The number of nitro groups is 1. The number of benzene rings is 1. The number of aromatic nitrogens is 3. The second-order valence-corrected chi connectivity index (χ2v) is 4.00. The molecule has 0 saturated heterocycles. The molecule has 2 aromatic rings. The molecule has 0 spiro atoms. The molecule has 7 heteroatoms. The number of hydrogen-bond acceptors (Lipinski definition) is 5. The van der Waals surface area contributed by atoms with Gasteiger partial charge in [-0.3, -0.25) is 10.1 Å². The normalized spacial score (nSPS) is 10.3. The molecular formula is C11H13N5O2. The van der Waals surface area contributed by atoms with E-state index in [1.165, 1.54) is 0 Å². The Labute approximate surface area is 104 Å². The second kappa shape index (κ2) is 4.82. The molecule has 1 aromatic heterocycles. The third kappa shape index (κ3) is 2.45. The van der Waals surface area contributed by atoms with Crippen LogP contribution in [0.3, 0.4) is 0 Å². The van der Waals surface area contributed by atoms with Crippen LogP contribution in [0, 0.1) is 17.0 Å². The summed E-state index contributed by atoms with van der Waals surface area (Å²) < 4.78 is 1.74. The Morgan fingerprint density at radius 1 is 1.50 bits per heavy atom. The smallest absolute Gasteiger partial charge is 0.272 e. The molecule has 94 valence electrons. The molecule has 0 fully saturated rings. The lowest BCUT2D eigenvalue weighted by atomic mass is 10.1. The number of nitro benzene ring substituents is 1. The van der Waals surface area contributed by atoms with Crippen molar-refractivity contribution in [1.29, 1.82) is 0 Å². The Bertz CT molecular complexity index is 579. The number of nitrogens with zero attached hydrogens (tertiary/aromatic N) is 4. The Balaban J connectivity index is 2.13. The van der Waals surface area contributed by atoms with Gasteiger partial charge in [0.1, 0.15) is 6.33 Å². The summed E-state index contributed by atoms with van der Waals surface area (Å²) in [6.07, 6.45) is 1.58. The summed E-state index contributed by atoms with van der Waals surface area (Å²) >= 11 is 0. The van der Waals surface area contributed by atoms with E-state index in [-0.39, 0.29) is 10.6 Å². The second-order valence-electron chi connectivity index (χ2n) is 4.00. The Morgan fingerprint density at radius 3 is 2.89 bits per heavy atom. The van der Waals surface area contributed by atoms with Crippen molar-refractivity contribution in [3.63, 3.8) is 0 Å². The first-order valence-corrected chi connectivity index (χ1v) is 5.39. The van der Waals surface area contributed by atoms with Crippen molar-refractivity contribution in [1.82, 2.24) is 14.8 Å². The highest BCUT2D eigenvalue weighted by Gasteiger charge is 2.11. The average Bonchev–Trinajstić information content (AvgIpc) is 2.73. The molecule has 0 saturated carbocycles. The van der Waals surface area contributed by atoms with Crippen LogP contribution in [-0.4, -0.2) is 19.7 Å². The number of nitrogens with one attached hydrogen (secondary N) is 1. The summed E-state index contributed by atoms with van der Waals surface area (Å²) in [5.74, 6) is 0.623. The highest BCUT2D eigenvalue weighted by molar-refractivity contribution is 5.43. The van der Waals surface area contributed by atoms with E-state index in [9.17, 15) is 10.1 Å². The predicted molar refractivity (Wildman–Crippen MR) is 66.2 cm³/mol. The standard InChI is InChI=1S/C11H13N5O2/c1-8-3-4-9(5-10(8)16(17)18)6-12-11-14-13-7-15(11)2/h3-5,7H,6H2,1-2H3,(H,12,14). The molecule has 0 aliphatic rings. The highest BCUT2D eigenvalue weighted by atomic mass is 16.6. The third-order valence-corrected chi connectivity index (χ3v) is 2.63. The lowest BCUT2D eigenvalue weighted by molar-refractivity contribution is -0.385. The number of aryl methyl sites for hydroxylation is 2. The van der Waals surface area contributed by atoms with Gasteiger partial charge in [-0.15, -0.1) is 10.2 Å². The molecule has 0 atom stereocenters. The monoisotopic (exact) mass is 247 g/mol. The van der Waals surface area contributed by atoms with E-state index in [1.54, 1.807) is 30.0 Å². The van der Waals surface area contributed by atoms with Crippen LogP contribution in [0.1, 0.15) is 11.1 Å². The molecule has 0 radical (unpaired) electrons. The summed E-state index contributed by atoms with van der Waals surface area (Å²) in [4.78, 5) is 10.4. The maximum Gasteiger partial charge on any atom is 0.272 e. The minimum Gasteiger partial charge on any atom is -0.350 e. The summed E-state index contributed by atoms with van der Waals surface area (Å²) in [5, 5.41) is 21.5. The van der Waals surface area contributed by atoms with Crippen LogP contribution in [-0.2, 0) is 13.6 Å². The number of hydrogen-bond donors (Lipinski definition) is 1. The first-order chi connectivity index (χ1) is 8.58. The van der Waals surface area contributed by atoms with Crippen LogP contribution in [0.2, 0.25) is 0 Å². The van der Waals surface area contributed by atoms with E-state index in [4.69, 9.17) is 0 Å². The van der Waals surface area contributed by atoms with Gasteiger partial charge >= 0.3 is 0 Å². The first-order valence-electron chi connectivity index (χ1n) is 5.39. The molecule has 0 aliphatic heterocycles. The van der Waals surface area contributed by atoms with Gasteiger partial charge in [0, 0.05) is 25.2 Å². The molecule has 0 bridgehead atoms. The molecular weight excluding hydrogens is 234 g/mol.